The molecular weight excluding hydrogens is 294 g/mol. The average molecular weight is 312 g/mol. The quantitative estimate of drug-likeness (QED) is 0.725. The molecule has 0 heterocycles. The van der Waals surface area contributed by atoms with Crippen molar-refractivity contribution in [1.29, 1.82) is 0 Å². The molecule has 1 aromatic rings. The third-order valence-corrected chi connectivity index (χ3v) is 3.69. The lowest BCUT2D eigenvalue weighted by Gasteiger charge is -2.20. The van der Waals surface area contributed by atoms with Crippen LogP contribution in [0.4, 0.5) is 0 Å². The molecule has 1 aliphatic rings. The van der Waals surface area contributed by atoms with Gasteiger partial charge < -0.3 is 4.74 Å². The summed E-state index contributed by atoms with van der Waals surface area (Å²) in [6.45, 7) is 2.02. The lowest BCUT2D eigenvalue weighted by atomic mass is 10.1. The molecule has 0 aliphatic heterocycles. The monoisotopic (exact) mass is 311 g/mol. The molecule has 0 atom stereocenters. The van der Waals surface area contributed by atoms with E-state index in [4.69, 9.17) is 4.74 Å². The van der Waals surface area contributed by atoms with Crippen LogP contribution in [0.2, 0.25) is 0 Å². The highest BCUT2D eigenvalue weighted by atomic mass is 79.9. The molecule has 0 N–H and O–H groups in total. The fourth-order valence-electron chi connectivity index (χ4n) is 1.95. The number of benzene rings is 1. The first-order valence-electron chi connectivity index (χ1n) is 6.22. The summed E-state index contributed by atoms with van der Waals surface area (Å²) in [6, 6.07) is 8.13. The fourth-order valence-corrected chi connectivity index (χ4v) is 2.21. The Balaban J connectivity index is 1.93. The number of hydrogen-bond acceptors (Lipinski definition) is 3. The van der Waals surface area contributed by atoms with E-state index in [1.807, 2.05) is 24.3 Å². The number of carbonyl (C=O) groups is 1. The molecule has 0 unspecified atom stereocenters. The lowest BCUT2D eigenvalue weighted by molar-refractivity contribution is 0.0886. The van der Waals surface area contributed by atoms with Crippen molar-refractivity contribution in [3.63, 3.8) is 0 Å². The van der Waals surface area contributed by atoms with Gasteiger partial charge in [-0.2, -0.15) is 0 Å². The Morgan fingerprint density at radius 1 is 1.39 bits per heavy atom. The Morgan fingerprint density at radius 3 is 2.61 bits per heavy atom. The highest BCUT2D eigenvalue weighted by Gasteiger charge is 2.29. The number of nitrogens with zero attached hydrogens (tertiary/aromatic N) is 1. The lowest BCUT2D eigenvalue weighted by Crippen LogP contribution is -2.34. The Bertz CT molecular complexity index is 401. The van der Waals surface area contributed by atoms with Gasteiger partial charge in [-0.3, -0.25) is 9.69 Å². The zero-order valence-electron chi connectivity index (χ0n) is 10.6. The first kappa shape index (κ1) is 13.7. The summed E-state index contributed by atoms with van der Waals surface area (Å²) in [6.07, 6.45) is 2.41. The molecule has 0 spiro atoms. The van der Waals surface area contributed by atoms with Gasteiger partial charge in [0.2, 0.25) is 0 Å². The van der Waals surface area contributed by atoms with Crippen molar-refractivity contribution in [3.8, 4) is 0 Å². The number of ether oxygens (including phenoxy) is 1. The predicted molar refractivity (Wildman–Crippen MR) is 74.9 cm³/mol. The summed E-state index contributed by atoms with van der Waals surface area (Å²) in [7, 11) is 1.70. The number of carbonyl (C=O) groups excluding carboxylic acids is 1. The van der Waals surface area contributed by atoms with Gasteiger partial charge in [0.1, 0.15) is 0 Å². The standard InChI is InChI=1S/C14H18BrNO2/c1-18-9-8-16(13-6-7-13)10-14(17)11-2-4-12(15)5-3-11/h2-5,13H,6-10H2,1H3. The van der Waals surface area contributed by atoms with Gasteiger partial charge in [0.15, 0.2) is 5.78 Å². The van der Waals surface area contributed by atoms with Crippen molar-refractivity contribution in [3.05, 3.63) is 34.3 Å². The Hall–Kier alpha value is -0.710. The molecule has 0 saturated heterocycles. The van der Waals surface area contributed by atoms with Crippen LogP contribution in [-0.2, 0) is 4.74 Å². The van der Waals surface area contributed by atoms with Crippen molar-refractivity contribution in [2.75, 3.05) is 26.8 Å². The summed E-state index contributed by atoms with van der Waals surface area (Å²) >= 11 is 3.37. The number of methoxy groups -OCH3 is 1. The zero-order valence-corrected chi connectivity index (χ0v) is 12.1. The van der Waals surface area contributed by atoms with Crippen LogP contribution < -0.4 is 0 Å². The molecule has 1 fully saturated rings. The van der Waals surface area contributed by atoms with Gasteiger partial charge in [-0.05, 0) is 25.0 Å². The average Bonchev–Trinajstić information content (AvgIpc) is 3.19. The molecule has 18 heavy (non-hydrogen) atoms. The minimum atomic E-state index is 0.186. The number of ketones is 1. The van der Waals surface area contributed by atoms with E-state index in [2.05, 4.69) is 20.8 Å². The number of hydrogen-bond donors (Lipinski definition) is 0. The molecule has 98 valence electrons. The molecule has 2 rings (SSSR count). The van der Waals surface area contributed by atoms with Crippen molar-refractivity contribution in [2.45, 2.75) is 18.9 Å². The van der Waals surface area contributed by atoms with E-state index in [1.165, 1.54) is 12.8 Å². The summed E-state index contributed by atoms with van der Waals surface area (Å²) in [5, 5.41) is 0. The second-order valence-electron chi connectivity index (χ2n) is 4.62. The van der Waals surface area contributed by atoms with Crippen molar-refractivity contribution < 1.29 is 9.53 Å². The van der Waals surface area contributed by atoms with Gasteiger partial charge in [0, 0.05) is 29.7 Å². The SMILES string of the molecule is COCCN(CC(=O)c1ccc(Br)cc1)C1CC1. The highest BCUT2D eigenvalue weighted by molar-refractivity contribution is 9.10. The van der Waals surface area contributed by atoms with E-state index in [9.17, 15) is 4.79 Å². The third-order valence-electron chi connectivity index (χ3n) is 3.16. The minimum absolute atomic E-state index is 0.186. The fraction of sp³-hybridized carbons (Fsp3) is 0.500. The van der Waals surface area contributed by atoms with Crippen LogP contribution in [0.3, 0.4) is 0 Å². The van der Waals surface area contributed by atoms with Gasteiger partial charge >= 0.3 is 0 Å². The van der Waals surface area contributed by atoms with Crippen LogP contribution in [0.5, 0.6) is 0 Å². The summed E-state index contributed by atoms with van der Waals surface area (Å²) in [4.78, 5) is 14.4. The van der Waals surface area contributed by atoms with Gasteiger partial charge in [0.25, 0.3) is 0 Å². The van der Waals surface area contributed by atoms with E-state index >= 15 is 0 Å². The number of Topliss-reactive ketones (excluding diaryl/α,β-unsaturated/α-hetero) is 1. The first-order chi connectivity index (χ1) is 8.70. The van der Waals surface area contributed by atoms with Gasteiger partial charge in [-0.1, -0.05) is 28.1 Å². The maximum Gasteiger partial charge on any atom is 0.176 e. The summed E-state index contributed by atoms with van der Waals surface area (Å²) < 4.78 is 6.09. The molecule has 1 aromatic carbocycles. The maximum absolute atomic E-state index is 12.2. The van der Waals surface area contributed by atoms with E-state index in [0.717, 1.165) is 16.6 Å². The van der Waals surface area contributed by atoms with Crippen LogP contribution in [0.15, 0.2) is 28.7 Å². The van der Waals surface area contributed by atoms with Gasteiger partial charge in [0.05, 0.1) is 13.2 Å². The first-order valence-corrected chi connectivity index (χ1v) is 7.02. The molecule has 0 amide bonds. The number of halogens is 1. The van der Waals surface area contributed by atoms with Gasteiger partial charge in [-0.25, -0.2) is 0 Å². The minimum Gasteiger partial charge on any atom is -0.383 e. The van der Waals surface area contributed by atoms with E-state index in [-0.39, 0.29) is 5.78 Å². The second kappa shape index (κ2) is 6.45. The topological polar surface area (TPSA) is 29.5 Å². The van der Waals surface area contributed by atoms with Gasteiger partial charge in [-0.15, -0.1) is 0 Å². The largest absolute Gasteiger partial charge is 0.383 e. The molecule has 1 saturated carbocycles. The third kappa shape index (κ3) is 3.90. The Morgan fingerprint density at radius 2 is 2.06 bits per heavy atom. The van der Waals surface area contributed by atoms with Crippen LogP contribution in [0, 0.1) is 0 Å². The van der Waals surface area contributed by atoms with Crippen LogP contribution in [0.1, 0.15) is 23.2 Å². The summed E-state index contributed by atoms with van der Waals surface area (Å²) in [5.41, 5.74) is 0.779. The number of rotatable bonds is 7. The van der Waals surface area contributed by atoms with Crippen molar-refractivity contribution >= 4 is 21.7 Å². The van der Waals surface area contributed by atoms with Crippen LogP contribution in [-0.4, -0.2) is 43.5 Å². The molecule has 1 aliphatic carbocycles. The normalized spacial score (nSPS) is 15.1. The van der Waals surface area contributed by atoms with Crippen molar-refractivity contribution in [2.24, 2.45) is 0 Å². The second-order valence-corrected chi connectivity index (χ2v) is 5.54. The maximum atomic E-state index is 12.2. The van der Waals surface area contributed by atoms with E-state index < -0.39 is 0 Å². The summed E-state index contributed by atoms with van der Waals surface area (Å²) in [5.74, 6) is 0.186. The molecule has 3 nitrogen and oxygen atoms in total. The van der Waals surface area contributed by atoms with E-state index in [0.29, 0.717) is 19.2 Å². The van der Waals surface area contributed by atoms with Crippen LogP contribution >= 0.6 is 15.9 Å². The molecular formula is C14H18BrNO2. The highest BCUT2D eigenvalue weighted by Crippen LogP contribution is 2.26. The molecule has 0 radical (unpaired) electrons. The van der Waals surface area contributed by atoms with Crippen molar-refractivity contribution in [1.82, 2.24) is 4.90 Å². The molecule has 0 aromatic heterocycles. The predicted octanol–water partition coefficient (Wildman–Crippen LogP) is 2.74. The zero-order chi connectivity index (χ0) is 13.0. The smallest absolute Gasteiger partial charge is 0.176 e. The molecule has 4 heteroatoms. The van der Waals surface area contributed by atoms with Crippen LogP contribution in [0.25, 0.3) is 0 Å². The Labute approximate surface area is 116 Å². The Kier molecular flexibility index (Phi) is 4.92. The molecule has 0 bridgehead atoms. The van der Waals surface area contributed by atoms with E-state index in [1.54, 1.807) is 7.11 Å².